The van der Waals surface area contributed by atoms with E-state index in [0.717, 1.165) is 10.1 Å². The molecule has 6 N–H and O–H groups in total. The summed E-state index contributed by atoms with van der Waals surface area (Å²) < 4.78 is 14.7. The second-order valence-electron chi connectivity index (χ2n) is 15.3. The predicted octanol–water partition coefficient (Wildman–Crippen LogP) is 10.1. The Balaban J connectivity index is 1.10. The maximum absolute atomic E-state index is 13.0. The molecule has 0 aliphatic rings. The molecule has 22 heteroatoms. The molecular formula is C44H53N15O5S2+2. The van der Waals surface area contributed by atoms with E-state index in [1.54, 1.807) is 96.3 Å². The first-order valence-corrected chi connectivity index (χ1v) is 22.3. The van der Waals surface area contributed by atoms with Gasteiger partial charge in [0.2, 0.25) is 16.9 Å². The third kappa shape index (κ3) is 12.4. The minimum Gasteiger partial charge on any atom is -0.494 e. The first-order chi connectivity index (χ1) is 31.5. The number of carbonyl (C=O) groups excluding carboxylic acids is 3. The van der Waals surface area contributed by atoms with Gasteiger partial charge in [-0.1, -0.05) is 10.2 Å². The Hall–Kier alpha value is -7.59. The van der Waals surface area contributed by atoms with Crippen LogP contribution in [0, 0.1) is 6.92 Å². The maximum atomic E-state index is 13.0. The number of aryl methyl sites for hydroxylation is 3. The molecule has 0 saturated carbocycles. The van der Waals surface area contributed by atoms with E-state index in [1.165, 1.54) is 43.6 Å². The molecular weight excluding hydrogens is 883 g/mol. The van der Waals surface area contributed by atoms with E-state index in [-0.39, 0.29) is 23.9 Å². The smallest absolute Gasteiger partial charge is 0.431 e. The lowest BCUT2D eigenvalue weighted by Gasteiger charge is -2.28. The Morgan fingerprint density at radius 3 is 1.38 bits per heavy atom. The molecule has 344 valence electrons. The molecule has 0 fully saturated rings. The molecule has 0 aliphatic carbocycles. The average Bonchev–Trinajstić information content (AvgIpc) is 3.78. The van der Waals surface area contributed by atoms with Gasteiger partial charge in [-0.2, -0.15) is 0 Å². The normalized spacial score (nSPS) is 11.3. The number of amides is 4. The van der Waals surface area contributed by atoms with Crippen LogP contribution in [0.3, 0.4) is 0 Å². The zero-order valence-electron chi connectivity index (χ0n) is 38.5. The van der Waals surface area contributed by atoms with Crippen molar-refractivity contribution >= 4 is 113 Å². The van der Waals surface area contributed by atoms with Gasteiger partial charge in [0.15, 0.2) is 0 Å². The molecule has 6 rings (SSSR count). The first-order valence-electron chi connectivity index (χ1n) is 20.6. The third-order valence-corrected chi connectivity index (χ3v) is 11.3. The Bertz CT molecular complexity index is 2760. The number of nitrogens with zero attached hydrogens (tertiary/aromatic N) is 9. The van der Waals surface area contributed by atoms with Crippen LogP contribution in [-0.4, -0.2) is 54.3 Å². The summed E-state index contributed by atoms with van der Waals surface area (Å²) in [6, 6.07) is 21.0. The molecule has 2 aromatic heterocycles. The monoisotopic (exact) mass is 935 g/mol. The van der Waals surface area contributed by atoms with E-state index in [0.29, 0.717) is 78.6 Å². The van der Waals surface area contributed by atoms with Gasteiger partial charge in [0.25, 0.3) is 0 Å². The van der Waals surface area contributed by atoms with E-state index in [9.17, 15) is 14.4 Å². The number of benzene rings is 4. The van der Waals surface area contributed by atoms with Gasteiger partial charge < -0.3 is 46.3 Å². The summed E-state index contributed by atoms with van der Waals surface area (Å²) in [5.41, 5.74) is 5.24. The molecule has 0 unspecified atom stereocenters. The molecule has 0 radical (unpaired) electrons. The van der Waals surface area contributed by atoms with Gasteiger partial charge >= 0.3 is 16.3 Å². The number of azo groups is 2. The number of anilines is 9. The fraction of sp³-hybridized carbons (Fsp3) is 0.295. The number of urea groups is 1. The lowest BCUT2D eigenvalue weighted by Crippen LogP contribution is -2.39. The molecule has 0 saturated heterocycles. The van der Waals surface area contributed by atoms with E-state index in [1.807, 2.05) is 14.0 Å². The molecule has 6 aromatic rings. The third-order valence-electron chi connectivity index (χ3n) is 9.42. The van der Waals surface area contributed by atoms with Crippen LogP contribution in [-0.2, 0) is 23.7 Å². The van der Waals surface area contributed by atoms with Crippen LogP contribution in [0.1, 0.15) is 46.6 Å². The molecule has 4 aromatic carbocycles. The number of nitrogens with one attached hydrogen (secondary N) is 6. The minimum atomic E-state index is -0.448. The Kier molecular flexibility index (Phi) is 15.5. The van der Waals surface area contributed by atoms with Gasteiger partial charge in [0.05, 0.1) is 47.2 Å². The summed E-state index contributed by atoms with van der Waals surface area (Å²) in [5, 5.41) is 47.5. The van der Waals surface area contributed by atoms with Crippen molar-refractivity contribution in [1.82, 2.24) is 10.2 Å². The van der Waals surface area contributed by atoms with Crippen LogP contribution in [0.5, 0.6) is 11.5 Å². The van der Waals surface area contributed by atoms with E-state index in [4.69, 9.17) is 9.47 Å². The Morgan fingerprint density at radius 1 is 0.591 bits per heavy atom. The van der Waals surface area contributed by atoms with Crippen molar-refractivity contribution in [3.05, 3.63) is 77.8 Å². The second-order valence-corrected chi connectivity index (χ2v) is 17.4. The van der Waals surface area contributed by atoms with Crippen molar-refractivity contribution < 1.29 is 33.2 Å². The highest BCUT2D eigenvalue weighted by molar-refractivity contribution is 7.18. The number of ether oxygens (including phenoxy) is 2. The van der Waals surface area contributed by atoms with Crippen LogP contribution < -0.4 is 55.6 Å². The summed E-state index contributed by atoms with van der Waals surface area (Å²) in [6.07, 6.45) is 0. The Labute approximate surface area is 390 Å². The fourth-order valence-corrected chi connectivity index (χ4v) is 8.40. The highest BCUT2D eigenvalue weighted by Gasteiger charge is 2.25. The van der Waals surface area contributed by atoms with Crippen molar-refractivity contribution in [3.8, 4) is 11.5 Å². The summed E-state index contributed by atoms with van der Waals surface area (Å²) in [4.78, 5) is 39.6. The standard InChI is InChI=1S/C44H51N15O5S2/c1-24(2)59(25(3)4)44-56-58(9)43(66-44)54-52-36-23-40(64-11)38(21-34(36)46-27(6)61)48-30-14-18-32(19-15-30)50-41(62)49-31-16-12-29(13-17-31)47-37-20-33(45-26(5)60)35(22-39(37)63-10)51-53-42-57(8)55-28(7)65-42/h12-25H,1-11H3,(H4,45,46,47,48,49,50,51,52,60,61,62)/p+2. The maximum Gasteiger partial charge on any atom is 0.431 e. The van der Waals surface area contributed by atoms with E-state index < -0.39 is 6.03 Å². The molecule has 66 heavy (non-hydrogen) atoms. The van der Waals surface area contributed by atoms with Crippen LogP contribution >= 0.6 is 22.7 Å². The van der Waals surface area contributed by atoms with Crippen LogP contribution in [0.4, 0.5) is 77.1 Å². The summed E-state index contributed by atoms with van der Waals surface area (Å²) in [7, 11) is 6.67. The molecule has 20 nitrogen and oxygen atoms in total. The fourth-order valence-electron chi connectivity index (χ4n) is 6.61. The van der Waals surface area contributed by atoms with Gasteiger partial charge in [0, 0.05) is 60.8 Å². The number of carbonyl (C=O) groups is 3. The van der Waals surface area contributed by atoms with E-state index >= 15 is 0 Å². The molecule has 2 heterocycles. The number of hydrogen-bond donors (Lipinski definition) is 6. The SMILES string of the molecule is COc1cc(N=Nc2sc(C)n[n+]2C)c(NC(C)=O)cc1Nc1ccc(NC(=O)Nc2ccc(Nc3cc(NC(C)=O)c(N=Nc4sc(N(C(C)C)C(C)C)n[n+]4C)cc3OC)cc2)cc1. The number of hydrogen-bond acceptors (Lipinski definition) is 16. The summed E-state index contributed by atoms with van der Waals surface area (Å²) >= 11 is 2.81. The van der Waals surface area contributed by atoms with Gasteiger partial charge in [-0.05, 0) is 128 Å². The first kappa shape index (κ1) is 47.9. The summed E-state index contributed by atoms with van der Waals surface area (Å²) in [6.45, 7) is 13.2. The van der Waals surface area contributed by atoms with Crippen molar-refractivity contribution in [2.45, 2.75) is 60.5 Å². The molecule has 0 atom stereocenters. The van der Waals surface area contributed by atoms with Crippen LogP contribution in [0.25, 0.3) is 0 Å². The van der Waals surface area contributed by atoms with Gasteiger partial charge in [-0.15, -0.1) is 9.36 Å². The average molecular weight is 936 g/mol. The van der Waals surface area contributed by atoms with Gasteiger partial charge in [0.1, 0.15) is 42.0 Å². The molecule has 0 spiro atoms. The Morgan fingerprint density at radius 2 is 1.00 bits per heavy atom. The molecule has 0 aliphatic heterocycles. The number of rotatable bonds is 17. The summed E-state index contributed by atoms with van der Waals surface area (Å²) in [5.74, 6) is 0.368. The largest absolute Gasteiger partial charge is 0.494 e. The topological polar surface area (TPSA) is 228 Å². The quantitative estimate of drug-likeness (QED) is 0.0374. The van der Waals surface area contributed by atoms with Crippen LogP contribution in [0.15, 0.2) is 93.3 Å². The van der Waals surface area contributed by atoms with Gasteiger partial charge in [-0.3, -0.25) is 9.59 Å². The predicted molar refractivity (Wildman–Crippen MR) is 259 cm³/mol. The zero-order valence-corrected chi connectivity index (χ0v) is 40.1. The van der Waals surface area contributed by atoms with Crippen molar-refractivity contribution in [1.29, 1.82) is 0 Å². The highest BCUT2D eigenvalue weighted by atomic mass is 32.1. The lowest BCUT2D eigenvalue weighted by atomic mass is 10.2. The minimum absolute atomic E-state index is 0.245. The molecule has 0 bridgehead atoms. The number of methoxy groups -OCH3 is 2. The lowest BCUT2D eigenvalue weighted by molar-refractivity contribution is -0.714. The zero-order chi connectivity index (χ0) is 47.7. The van der Waals surface area contributed by atoms with Crippen molar-refractivity contribution in [2.75, 3.05) is 51.0 Å². The van der Waals surface area contributed by atoms with Gasteiger partial charge in [-0.25, -0.2) is 4.79 Å². The second kappa shape index (κ2) is 21.4. The van der Waals surface area contributed by atoms with Crippen molar-refractivity contribution in [3.63, 3.8) is 0 Å². The van der Waals surface area contributed by atoms with E-state index in [2.05, 4.69) is 95.1 Å². The van der Waals surface area contributed by atoms with Crippen LogP contribution in [0.2, 0.25) is 0 Å². The number of aromatic nitrogens is 4. The van der Waals surface area contributed by atoms with Crippen molar-refractivity contribution in [2.24, 2.45) is 34.6 Å². The highest BCUT2D eigenvalue weighted by Crippen LogP contribution is 2.41. The molecule has 4 amide bonds.